The Hall–Kier alpha value is -2.17. The molecule has 1 fully saturated rings. The second kappa shape index (κ2) is 6.98. The van der Waals surface area contributed by atoms with Crippen LogP contribution in [0.15, 0.2) is 54.6 Å². The Kier molecular flexibility index (Phi) is 4.55. The molecule has 0 spiro atoms. The molecule has 1 amide bonds. The third-order valence-electron chi connectivity index (χ3n) is 5.66. The lowest BCUT2D eigenvalue weighted by atomic mass is 9.89. The first kappa shape index (κ1) is 16.3. The maximum Gasteiger partial charge on any atom is 0.240 e. The van der Waals surface area contributed by atoms with E-state index in [2.05, 4.69) is 53.8 Å². The zero-order chi connectivity index (χ0) is 17.2. The van der Waals surface area contributed by atoms with Crippen molar-refractivity contribution in [3.8, 4) is 0 Å². The van der Waals surface area contributed by atoms with Crippen molar-refractivity contribution >= 4 is 5.91 Å². The van der Waals surface area contributed by atoms with E-state index in [1.807, 2.05) is 11.0 Å². The van der Waals surface area contributed by atoms with Gasteiger partial charge in [0.05, 0.1) is 6.04 Å². The number of amides is 1. The topological polar surface area (TPSA) is 58.4 Å². The van der Waals surface area contributed by atoms with Crippen LogP contribution in [0.3, 0.4) is 0 Å². The molecular weight excluding hydrogens is 310 g/mol. The van der Waals surface area contributed by atoms with Crippen LogP contribution in [0.25, 0.3) is 0 Å². The molecule has 1 unspecified atom stereocenters. The standard InChI is InChI=1S/C21H25N3O/c22-11-18-13-24(14-19(18)15-6-2-1-3-7-15)21(25)20-10-16-8-4-5-9-17(16)12-23-20/h1-9,18-20,23H,10-14,22H2/t18-,19+,20?/m1/s1. The summed E-state index contributed by atoms with van der Waals surface area (Å²) in [4.78, 5) is 15.1. The molecule has 4 rings (SSSR count). The first-order valence-electron chi connectivity index (χ1n) is 9.10. The minimum Gasteiger partial charge on any atom is -0.340 e. The summed E-state index contributed by atoms with van der Waals surface area (Å²) in [5.74, 6) is 0.889. The maximum absolute atomic E-state index is 13.1. The lowest BCUT2D eigenvalue weighted by Gasteiger charge is -2.29. The van der Waals surface area contributed by atoms with Gasteiger partial charge in [0, 0.05) is 25.6 Å². The van der Waals surface area contributed by atoms with Gasteiger partial charge in [-0.3, -0.25) is 4.79 Å². The van der Waals surface area contributed by atoms with Crippen LogP contribution in [0.2, 0.25) is 0 Å². The van der Waals surface area contributed by atoms with E-state index in [0.29, 0.717) is 18.4 Å². The Labute approximate surface area is 149 Å². The number of carbonyl (C=O) groups is 1. The number of carbonyl (C=O) groups excluding carboxylic acids is 1. The van der Waals surface area contributed by atoms with E-state index in [1.54, 1.807) is 0 Å². The van der Waals surface area contributed by atoms with Crippen LogP contribution in [0, 0.1) is 5.92 Å². The molecule has 1 saturated heterocycles. The number of fused-ring (bicyclic) bond motifs is 1. The van der Waals surface area contributed by atoms with Gasteiger partial charge in [-0.2, -0.15) is 0 Å². The van der Waals surface area contributed by atoms with Crippen molar-refractivity contribution in [2.75, 3.05) is 19.6 Å². The summed E-state index contributed by atoms with van der Waals surface area (Å²) >= 11 is 0. The lowest BCUT2D eigenvalue weighted by molar-refractivity contribution is -0.132. The zero-order valence-corrected chi connectivity index (χ0v) is 14.4. The van der Waals surface area contributed by atoms with Crippen LogP contribution in [0.4, 0.5) is 0 Å². The minimum absolute atomic E-state index is 0.122. The van der Waals surface area contributed by atoms with Gasteiger partial charge < -0.3 is 16.0 Å². The smallest absolute Gasteiger partial charge is 0.240 e. The molecule has 0 aliphatic carbocycles. The largest absolute Gasteiger partial charge is 0.340 e. The first-order chi connectivity index (χ1) is 12.3. The van der Waals surface area contributed by atoms with Crippen molar-refractivity contribution < 1.29 is 4.79 Å². The molecule has 130 valence electrons. The molecule has 2 heterocycles. The highest BCUT2D eigenvalue weighted by Gasteiger charge is 2.38. The highest BCUT2D eigenvalue weighted by molar-refractivity contribution is 5.83. The molecule has 3 N–H and O–H groups in total. The highest BCUT2D eigenvalue weighted by atomic mass is 16.2. The Bertz CT molecular complexity index is 746. The van der Waals surface area contributed by atoms with Gasteiger partial charge in [-0.25, -0.2) is 0 Å². The van der Waals surface area contributed by atoms with E-state index in [9.17, 15) is 4.79 Å². The van der Waals surface area contributed by atoms with E-state index < -0.39 is 0 Å². The number of benzene rings is 2. The van der Waals surface area contributed by atoms with Gasteiger partial charge in [0.1, 0.15) is 0 Å². The maximum atomic E-state index is 13.1. The van der Waals surface area contributed by atoms with Gasteiger partial charge in [0.15, 0.2) is 0 Å². The van der Waals surface area contributed by atoms with E-state index in [4.69, 9.17) is 5.73 Å². The summed E-state index contributed by atoms with van der Waals surface area (Å²) in [5.41, 5.74) is 9.89. The predicted molar refractivity (Wildman–Crippen MR) is 99.1 cm³/mol. The van der Waals surface area contributed by atoms with Crippen molar-refractivity contribution in [3.05, 3.63) is 71.3 Å². The van der Waals surface area contributed by atoms with Crippen molar-refractivity contribution in [1.29, 1.82) is 0 Å². The molecule has 2 aromatic carbocycles. The fourth-order valence-corrected chi connectivity index (χ4v) is 4.22. The van der Waals surface area contributed by atoms with Crippen LogP contribution < -0.4 is 11.1 Å². The molecule has 0 bridgehead atoms. The highest BCUT2D eigenvalue weighted by Crippen LogP contribution is 2.32. The Morgan fingerprint density at radius 2 is 1.76 bits per heavy atom. The number of likely N-dealkylation sites (tertiary alicyclic amines) is 1. The van der Waals surface area contributed by atoms with Crippen molar-refractivity contribution in [3.63, 3.8) is 0 Å². The average molecular weight is 335 g/mol. The van der Waals surface area contributed by atoms with E-state index in [-0.39, 0.29) is 11.9 Å². The van der Waals surface area contributed by atoms with Crippen molar-refractivity contribution in [2.24, 2.45) is 11.7 Å². The van der Waals surface area contributed by atoms with Crippen molar-refractivity contribution in [2.45, 2.75) is 24.9 Å². The fraction of sp³-hybridized carbons (Fsp3) is 0.381. The summed E-state index contributed by atoms with van der Waals surface area (Å²) in [7, 11) is 0. The van der Waals surface area contributed by atoms with Crippen molar-refractivity contribution in [1.82, 2.24) is 10.2 Å². The second-order valence-electron chi connectivity index (χ2n) is 7.16. The molecule has 2 aliphatic rings. The van der Waals surface area contributed by atoms with Gasteiger partial charge in [0.25, 0.3) is 0 Å². The van der Waals surface area contributed by atoms with Gasteiger partial charge >= 0.3 is 0 Å². The molecule has 2 aliphatic heterocycles. The summed E-state index contributed by atoms with van der Waals surface area (Å²) in [6.07, 6.45) is 0.773. The molecule has 25 heavy (non-hydrogen) atoms. The predicted octanol–water partition coefficient (Wildman–Crippen LogP) is 1.90. The van der Waals surface area contributed by atoms with Gasteiger partial charge in [-0.15, -0.1) is 0 Å². The molecule has 0 aromatic heterocycles. The molecular formula is C21H25N3O. The summed E-state index contributed by atoms with van der Waals surface area (Å²) in [6.45, 7) is 2.91. The number of hydrogen-bond donors (Lipinski definition) is 2. The normalized spacial score (nSPS) is 25.6. The van der Waals surface area contributed by atoms with Crippen LogP contribution >= 0.6 is 0 Å². The molecule has 0 saturated carbocycles. The van der Waals surface area contributed by atoms with Gasteiger partial charge in [-0.05, 0) is 35.6 Å². The number of nitrogens with one attached hydrogen (secondary N) is 1. The summed E-state index contributed by atoms with van der Waals surface area (Å²) in [6, 6.07) is 18.7. The van der Waals surface area contributed by atoms with E-state index in [1.165, 1.54) is 16.7 Å². The van der Waals surface area contributed by atoms with Crippen LogP contribution in [-0.4, -0.2) is 36.5 Å². The second-order valence-corrected chi connectivity index (χ2v) is 7.16. The third-order valence-corrected chi connectivity index (χ3v) is 5.66. The van der Waals surface area contributed by atoms with Crippen LogP contribution in [0.1, 0.15) is 22.6 Å². The molecule has 0 radical (unpaired) electrons. The third kappa shape index (κ3) is 3.20. The first-order valence-corrected chi connectivity index (χ1v) is 9.10. The number of rotatable bonds is 3. The van der Waals surface area contributed by atoms with Crippen LogP contribution in [-0.2, 0) is 17.8 Å². The fourth-order valence-electron chi connectivity index (χ4n) is 4.22. The quantitative estimate of drug-likeness (QED) is 0.901. The molecule has 2 aromatic rings. The number of nitrogens with two attached hydrogens (primary N) is 1. The van der Waals surface area contributed by atoms with Gasteiger partial charge in [0.2, 0.25) is 5.91 Å². The minimum atomic E-state index is -0.122. The Morgan fingerprint density at radius 3 is 2.52 bits per heavy atom. The lowest BCUT2D eigenvalue weighted by Crippen LogP contribution is -2.49. The Balaban J connectivity index is 1.48. The molecule has 3 atom stereocenters. The Morgan fingerprint density at radius 1 is 1.04 bits per heavy atom. The van der Waals surface area contributed by atoms with E-state index >= 15 is 0 Å². The van der Waals surface area contributed by atoms with Crippen LogP contribution in [0.5, 0.6) is 0 Å². The van der Waals surface area contributed by atoms with Gasteiger partial charge in [-0.1, -0.05) is 54.6 Å². The van der Waals surface area contributed by atoms with E-state index in [0.717, 1.165) is 26.1 Å². The molecule has 4 nitrogen and oxygen atoms in total. The zero-order valence-electron chi connectivity index (χ0n) is 14.4. The monoisotopic (exact) mass is 335 g/mol. The number of hydrogen-bond acceptors (Lipinski definition) is 3. The summed E-state index contributed by atoms with van der Waals surface area (Å²) in [5, 5.41) is 3.42. The SMILES string of the molecule is NC[C@@H]1CN(C(=O)C2Cc3ccccc3CN2)C[C@H]1c1ccccc1. The number of nitrogens with zero attached hydrogens (tertiary/aromatic N) is 1. The summed E-state index contributed by atoms with van der Waals surface area (Å²) < 4.78 is 0. The molecule has 4 heteroatoms. The average Bonchev–Trinajstić information content (AvgIpc) is 3.12.